The Kier molecular flexibility index (Phi) is 4.40. The van der Waals surface area contributed by atoms with Gasteiger partial charge in [0.2, 0.25) is 5.82 Å². The number of rotatable bonds is 3. The normalized spacial score (nSPS) is 10.2. The van der Waals surface area contributed by atoms with Crippen LogP contribution in [-0.2, 0) is 0 Å². The summed E-state index contributed by atoms with van der Waals surface area (Å²) < 4.78 is 13.2. The number of anilines is 1. The third-order valence-corrected chi connectivity index (χ3v) is 3.24. The Hall–Kier alpha value is -2.18. The highest BCUT2D eigenvalue weighted by atomic mass is 35.5. The first-order valence-electron chi connectivity index (χ1n) is 5.59. The second-order valence-electron chi connectivity index (χ2n) is 3.97. The molecular weight excluding hydrogens is 322 g/mol. The molecule has 0 heterocycles. The van der Waals surface area contributed by atoms with Crippen molar-refractivity contribution in [3.63, 3.8) is 0 Å². The molecule has 0 aliphatic carbocycles. The minimum absolute atomic E-state index is 0.0842. The molecule has 108 valence electrons. The van der Waals surface area contributed by atoms with Gasteiger partial charge in [-0.3, -0.25) is 14.9 Å². The van der Waals surface area contributed by atoms with E-state index in [0.717, 1.165) is 18.2 Å². The fourth-order valence-corrected chi connectivity index (χ4v) is 2.09. The zero-order chi connectivity index (χ0) is 15.6. The van der Waals surface area contributed by atoms with E-state index in [9.17, 15) is 19.3 Å². The van der Waals surface area contributed by atoms with Crippen LogP contribution in [0.1, 0.15) is 10.4 Å². The highest BCUT2D eigenvalue weighted by Crippen LogP contribution is 2.30. The Morgan fingerprint density at radius 2 is 1.81 bits per heavy atom. The molecule has 0 saturated carbocycles. The fourth-order valence-electron chi connectivity index (χ4n) is 1.60. The van der Waals surface area contributed by atoms with Crippen LogP contribution in [0.15, 0.2) is 36.4 Å². The number of nitrogens with one attached hydrogen (secondary N) is 1. The van der Waals surface area contributed by atoms with E-state index in [-0.39, 0.29) is 21.3 Å². The first-order valence-corrected chi connectivity index (χ1v) is 6.35. The zero-order valence-corrected chi connectivity index (χ0v) is 11.8. The topological polar surface area (TPSA) is 72.2 Å². The van der Waals surface area contributed by atoms with Crippen LogP contribution in [0.5, 0.6) is 0 Å². The van der Waals surface area contributed by atoms with Crippen molar-refractivity contribution in [3.05, 3.63) is 67.9 Å². The van der Waals surface area contributed by atoms with Gasteiger partial charge in [0.15, 0.2) is 0 Å². The first kappa shape index (κ1) is 15.2. The van der Waals surface area contributed by atoms with Crippen LogP contribution in [-0.4, -0.2) is 10.8 Å². The fraction of sp³-hybridized carbons (Fsp3) is 0. The minimum atomic E-state index is -1.02. The lowest BCUT2D eigenvalue weighted by molar-refractivity contribution is -0.387. The summed E-state index contributed by atoms with van der Waals surface area (Å²) in [5.41, 5.74) is -0.690. The number of nitro groups is 1. The number of benzene rings is 2. The van der Waals surface area contributed by atoms with Gasteiger partial charge < -0.3 is 5.32 Å². The van der Waals surface area contributed by atoms with Gasteiger partial charge in [-0.25, -0.2) is 0 Å². The van der Waals surface area contributed by atoms with Crippen LogP contribution in [0.4, 0.5) is 15.8 Å². The van der Waals surface area contributed by atoms with Crippen molar-refractivity contribution in [1.82, 2.24) is 0 Å². The van der Waals surface area contributed by atoms with E-state index in [0.29, 0.717) is 0 Å². The molecule has 0 unspecified atom stereocenters. The minimum Gasteiger partial charge on any atom is -0.319 e. The van der Waals surface area contributed by atoms with Crippen molar-refractivity contribution in [1.29, 1.82) is 0 Å². The number of hydrogen-bond acceptors (Lipinski definition) is 3. The Bertz CT molecular complexity index is 717. The van der Waals surface area contributed by atoms with Gasteiger partial charge in [0.25, 0.3) is 5.91 Å². The summed E-state index contributed by atoms with van der Waals surface area (Å²) >= 11 is 11.8. The Balaban J connectivity index is 2.33. The molecule has 0 aliphatic rings. The van der Waals surface area contributed by atoms with Crippen LogP contribution in [0.25, 0.3) is 0 Å². The van der Waals surface area contributed by atoms with Gasteiger partial charge in [0, 0.05) is 11.6 Å². The monoisotopic (exact) mass is 328 g/mol. The molecule has 2 rings (SSSR count). The molecule has 0 bridgehead atoms. The Labute approximate surface area is 128 Å². The van der Waals surface area contributed by atoms with Crippen molar-refractivity contribution < 1.29 is 14.1 Å². The van der Waals surface area contributed by atoms with Gasteiger partial charge in [0.1, 0.15) is 0 Å². The van der Waals surface area contributed by atoms with E-state index < -0.39 is 22.3 Å². The molecule has 0 radical (unpaired) electrons. The smallest absolute Gasteiger partial charge is 0.305 e. The van der Waals surface area contributed by atoms with E-state index in [4.69, 9.17) is 23.2 Å². The molecular formula is C13H7Cl2FN2O3. The average molecular weight is 329 g/mol. The summed E-state index contributed by atoms with van der Waals surface area (Å²) in [5.74, 6) is -1.71. The molecule has 1 N–H and O–H groups in total. The van der Waals surface area contributed by atoms with Crippen LogP contribution in [0.2, 0.25) is 10.0 Å². The molecule has 0 saturated heterocycles. The molecule has 0 aromatic heterocycles. The lowest BCUT2D eigenvalue weighted by Gasteiger charge is -2.09. The second-order valence-corrected chi connectivity index (χ2v) is 4.79. The molecule has 21 heavy (non-hydrogen) atoms. The number of para-hydroxylation sites is 1. The molecule has 2 aromatic carbocycles. The van der Waals surface area contributed by atoms with Crippen molar-refractivity contribution in [2.45, 2.75) is 0 Å². The van der Waals surface area contributed by atoms with Gasteiger partial charge in [-0.1, -0.05) is 29.3 Å². The summed E-state index contributed by atoms with van der Waals surface area (Å²) in [5, 5.41) is 13.5. The van der Waals surface area contributed by atoms with Crippen molar-refractivity contribution in [3.8, 4) is 0 Å². The van der Waals surface area contributed by atoms with E-state index >= 15 is 0 Å². The second kappa shape index (κ2) is 6.07. The van der Waals surface area contributed by atoms with Crippen LogP contribution >= 0.6 is 23.2 Å². The zero-order valence-electron chi connectivity index (χ0n) is 10.3. The number of amides is 1. The number of nitro benzene ring substituents is 1. The largest absolute Gasteiger partial charge is 0.319 e. The summed E-state index contributed by atoms with van der Waals surface area (Å²) in [6.07, 6.45) is 0. The maximum Gasteiger partial charge on any atom is 0.305 e. The highest BCUT2D eigenvalue weighted by Gasteiger charge is 2.18. The summed E-state index contributed by atoms with van der Waals surface area (Å²) in [7, 11) is 0. The van der Waals surface area contributed by atoms with Crippen molar-refractivity contribution in [2.75, 3.05) is 5.32 Å². The van der Waals surface area contributed by atoms with E-state index in [1.807, 2.05) is 0 Å². The average Bonchev–Trinajstić information content (AvgIpc) is 2.43. The first-order chi connectivity index (χ1) is 9.90. The van der Waals surface area contributed by atoms with Gasteiger partial charge in [0.05, 0.1) is 20.7 Å². The third kappa shape index (κ3) is 3.29. The predicted molar refractivity (Wildman–Crippen MR) is 77.5 cm³/mol. The molecule has 2 aromatic rings. The summed E-state index contributed by atoms with van der Waals surface area (Å²) in [6.45, 7) is 0. The number of hydrogen-bond donors (Lipinski definition) is 1. The van der Waals surface area contributed by atoms with Crippen LogP contribution < -0.4 is 5.32 Å². The Morgan fingerprint density at radius 1 is 1.19 bits per heavy atom. The number of carbonyl (C=O) groups is 1. The van der Waals surface area contributed by atoms with Gasteiger partial charge in [-0.2, -0.15) is 4.39 Å². The molecule has 0 fully saturated rings. The number of halogens is 3. The quantitative estimate of drug-likeness (QED) is 0.674. The number of carbonyl (C=O) groups excluding carboxylic acids is 1. The maximum absolute atomic E-state index is 13.2. The summed E-state index contributed by atoms with van der Waals surface area (Å²) in [6, 6.07) is 7.47. The molecule has 5 nitrogen and oxygen atoms in total. The van der Waals surface area contributed by atoms with Gasteiger partial charge in [-0.15, -0.1) is 0 Å². The van der Waals surface area contributed by atoms with Crippen LogP contribution in [0.3, 0.4) is 0 Å². The van der Waals surface area contributed by atoms with E-state index in [1.165, 1.54) is 12.1 Å². The molecule has 0 aliphatic heterocycles. The third-order valence-electron chi connectivity index (χ3n) is 2.61. The lowest BCUT2D eigenvalue weighted by Crippen LogP contribution is -2.13. The molecule has 8 heteroatoms. The van der Waals surface area contributed by atoms with Gasteiger partial charge >= 0.3 is 5.69 Å². The highest BCUT2D eigenvalue weighted by molar-refractivity contribution is 6.40. The SMILES string of the molecule is O=C(Nc1c(Cl)cccc1Cl)c1ccc(F)c([N+](=O)[O-])c1. The van der Waals surface area contributed by atoms with E-state index in [1.54, 1.807) is 6.07 Å². The predicted octanol–water partition coefficient (Wildman–Crippen LogP) is 4.29. The van der Waals surface area contributed by atoms with Crippen molar-refractivity contribution in [2.24, 2.45) is 0 Å². The van der Waals surface area contributed by atoms with Crippen molar-refractivity contribution >= 4 is 40.5 Å². The molecule has 0 atom stereocenters. The molecule has 1 amide bonds. The molecule has 0 spiro atoms. The standard InChI is InChI=1S/C13H7Cl2FN2O3/c14-8-2-1-3-9(15)12(8)17-13(19)7-4-5-10(16)11(6-7)18(20)21/h1-6H,(H,17,19). The Morgan fingerprint density at radius 3 is 2.38 bits per heavy atom. The van der Waals surface area contributed by atoms with Gasteiger partial charge in [-0.05, 0) is 24.3 Å². The maximum atomic E-state index is 13.2. The van der Waals surface area contributed by atoms with E-state index in [2.05, 4.69) is 5.32 Å². The summed E-state index contributed by atoms with van der Waals surface area (Å²) in [4.78, 5) is 21.8. The number of nitrogens with zero attached hydrogens (tertiary/aromatic N) is 1. The van der Waals surface area contributed by atoms with Crippen LogP contribution in [0, 0.1) is 15.9 Å². The lowest BCUT2D eigenvalue weighted by atomic mass is 10.1.